The molecule has 6 nitrogen and oxygen atoms in total. The zero-order valence-electron chi connectivity index (χ0n) is 13.5. The van der Waals surface area contributed by atoms with Crippen molar-refractivity contribution in [1.82, 2.24) is 19.4 Å². The first-order chi connectivity index (χ1) is 11.7. The Hall–Kier alpha value is -3.28. The molecule has 0 unspecified atom stereocenters. The number of nitrogens with zero attached hydrogens (tertiary/aromatic N) is 4. The van der Waals surface area contributed by atoms with E-state index in [9.17, 15) is 0 Å². The van der Waals surface area contributed by atoms with Crippen LogP contribution in [0.2, 0.25) is 0 Å². The van der Waals surface area contributed by atoms with E-state index in [2.05, 4.69) is 10.2 Å². The Balaban J connectivity index is 1.91. The van der Waals surface area contributed by atoms with Crippen LogP contribution >= 0.6 is 0 Å². The van der Waals surface area contributed by atoms with Crippen LogP contribution in [0.25, 0.3) is 27.8 Å². The molecular formula is C18H17N5O. The van der Waals surface area contributed by atoms with Gasteiger partial charge in [-0.1, -0.05) is 12.1 Å². The lowest BCUT2D eigenvalue weighted by molar-refractivity contribution is 0.418. The highest BCUT2D eigenvalue weighted by atomic mass is 16.5. The van der Waals surface area contributed by atoms with Crippen molar-refractivity contribution in [3.8, 4) is 28.0 Å². The Morgan fingerprint density at radius 3 is 2.42 bits per heavy atom. The lowest BCUT2D eigenvalue weighted by Gasteiger charge is -2.08. The van der Waals surface area contributed by atoms with Crippen molar-refractivity contribution in [2.75, 3.05) is 12.8 Å². The summed E-state index contributed by atoms with van der Waals surface area (Å²) in [4.78, 5) is 0. The van der Waals surface area contributed by atoms with Gasteiger partial charge in [0.2, 0.25) is 0 Å². The monoisotopic (exact) mass is 319 g/mol. The average Bonchev–Trinajstić information content (AvgIpc) is 3.21. The molecule has 4 aromatic rings. The van der Waals surface area contributed by atoms with Gasteiger partial charge in [-0.05, 0) is 23.8 Å². The molecule has 0 fully saturated rings. The van der Waals surface area contributed by atoms with Crippen LogP contribution in [0.5, 0.6) is 5.75 Å². The Kier molecular flexibility index (Phi) is 3.23. The number of fused-ring (bicyclic) bond motifs is 1. The number of hydrogen-bond donors (Lipinski definition) is 1. The molecule has 0 aliphatic heterocycles. The highest BCUT2D eigenvalue weighted by Gasteiger charge is 2.14. The van der Waals surface area contributed by atoms with Crippen LogP contribution in [0.15, 0.2) is 55.1 Å². The smallest absolute Gasteiger partial charge is 0.145 e. The summed E-state index contributed by atoms with van der Waals surface area (Å²) in [5.41, 5.74) is 11.5. The van der Waals surface area contributed by atoms with Gasteiger partial charge >= 0.3 is 0 Å². The summed E-state index contributed by atoms with van der Waals surface area (Å²) in [5, 5.41) is 8.72. The van der Waals surface area contributed by atoms with Crippen molar-refractivity contribution < 1.29 is 4.74 Å². The molecule has 0 atom stereocenters. The molecule has 0 saturated carbocycles. The lowest BCUT2D eigenvalue weighted by Crippen LogP contribution is -1.94. The number of hydrogen-bond acceptors (Lipinski definition) is 4. The third kappa shape index (κ3) is 2.28. The van der Waals surface area contributed by atoms with E-state index in [0.29, 0.717) is 0 Å². The van der Waals surface area contributed by atoms with Gasteiger partial charge in [0.1, 0.15) is 11.3 Å². The van der Waals surface area contributed by atoms with Crippen LogP contribution in [0.4, 0.5) is 5.69 Å². The Bertz CT molecular complexity index is 1010. The summed E-state index contributed by atoms with van der Waals surface area (Å²) < 4.78 is 9.24. The molecule has 0 amide bonds. The molecule has 120 valence electrons. The van der Waals surface area contributed by atoms with Gasteiger partial charge in [-0.25, -0.2) is 4.52 Å². The van der Waals surface area contributed by atoms with Crippen molar-refractivity contribution in [2.24, 2.45) is 7.05 Å². The van der Waals surface area contributed by atoms with E-state index in [1.807, 2.05) is 66.7 Å². The maximum Gasteiger partial charge on any atom is 0.145 e. The fourth-order valence-electron chi connectivity index (χ4n) is 2.84. The van der Waals surface area contributed by atoms with E-state index in [4.69, 9.17) is 10.5 Å². The largest absolute Gasteiger partial charge is 0.494 e. The van der Waals surface area contributed by atoms with Gasteiger partial charge in [-0.15, -0.1) is 0 Å². The molecule has 0 saturated heterocycles. The quantitative estimate of drug-likeness (QED) is 0.589. The maximum atomic E-state index is 5.78. The summed E-state index contributed by atoms with van der Waals surface area (Å²) in [6.45, 7) is 0. The van der Waals surface area contributed by atoms with Gasteiger partial charge in [-0.3, -0.25) is 4.68 Å². The minimum atomic E-state index is 0.737. The number of rotatable bonds is 3. The number of ether oxygens (including phenoxy) is 1. The molecule has 3 aromatic heterocycles. The first-order valence-electron chi connectivity index (χ1n) is 7.56. The fraction of sp³-hybridized carbons (Fsp3) is 0.111. The number of aryl methyl sites for hydroxylation is 1. The summed E-state index contributed by atoms with van der Waals surface area (Å²) >= 11 is 0. The number of methoxy groups -OCH3 is 1. The molecule has 6 heteroatoms. The van der Waals surface area contributed by atoms with Crippen LogP contribution in [0.3, 0.4) is 0 Å². The normalized spacial score (nSPS) is 11.1. The Labute approximate surface area is 139 Å². The topological polar surface area (TPSA) is 70.4 Å². The van der Waals surface area contributed by atoms with Gasteiger partial charge in [0.25, 0.3) is 0 Å². The minimum Gasteiger partial charge on any atom is -0.494 e. The highest BCUT2D eigenvalue weighted by Crippen LogP contribution is 2.34. The van der Waals surface area contributed by atoms with E-state index in [0.717, 1.165) is 39.2 Å². The third-order valence-corrected chi connectivity index (χ3v) is 4.06. The van der Waals surface area contributed by atoms with Crippen LogP contribution in [0, 0.1) is 0 Å². The summed E-state index contributed by atoms with van der Waals surface area (Å²) in [6.07, 6.45) is 7.61. The van der Waals surface area contributed by atoms with E-state index < -0.39 is 0 Å². The molecule has 0 bridgehead atoms. The Morgan fingerprint density at radius 1 is 0.958 bits per heavy atom. The number of benzene rings is 1. The van der Waals surface area contributed by atoms with Gasteiger partial charge in [-0.2, -0.15) is 10.2 Å². The van der Waals surface area contributed by atoms with Crippen molar-refractivity contribution >= 4 is 11.2 Å². The number of aromatic nitrogens is 4. The van der Waals surface area contributed by atoms with Crippen LogP contribution < -0.4 is 10.5 Å². The molecule has 0 spiro atoms. The SMILES string of the molecule is COc1cc(-c2cnn(C)c2)cn2ncc(-c3ccc(N)cc3)c12. The van der Waals surface area contributed by atoms with E-state index >= 15 is 0 Å². The predicted octanol–water partition coefficient (Wildman–Crippen LogP) is 2.99. The molecule has 24 heavy (non-hydrogen) atoms. The predicted molar refractivity (Wildman–Crippen MR) is 93.8 cm³/mol. The first-order valence-corrected chi connectivity index (χ1v) is 7.56. The zero-order chi connectivity index (χ0) is 16.7. The van der Waals surface area contributed by atoms with Crippen LogP contribution in [0.1, 0.15) is 0 Å². The fourth-order valence-corrected chi connectivity index (χ4v) is 2.84. The zero-order valence-corrected chi connectivity index (χ0v) is 13.5. The summed E-state index contributed by atoms with van der Waals surface area (Å²) in [5.74, 6) is 0.765. The van der Waals surface area contributed by atoms with E-state index in [-0.39, 0.29) is 0 Å². The second-order valence-corrected chi connectivity index (χ2v) is 5.67. The van der Waals surface area contributed by atoms with Gasteiger partial charge in [0, 0.05) is 41.8 Å². The molecule has 1 aromatic carbocycles. The number of nitrogen functional groups attached to an aromatic ring is 1. The summed E-state index contributed by atoms with van der Waals surface area (Å²) in [6, 6.07) is 9.75. The number of pyridine rings is 1. The lowest BCUT2D eigenvalue weighted by atomic mass is 10.1. The molecule has 3 heterocycles. The molecule has 0 aliphatic rings. The second-order valence-electron chi connectivity index (χ2n) is 5.67. The molecule has 2 N–H and O–H groups in total. The van der Waals surface area contributed by atoms with Gasteiger partial charge < -0.3 is 10.5 Å². The minimum absolute atomic E-state index is 0.737. The Morgan fingerprint density at radius 2 is 1.75 bits per heavy atom. The average molecular weight is 319 g/mol. The van der Waals surface area contributed by atoms with Gasteiger partial charge in [0.15, 0.2) is 0 Å². The van der Waals surface area contributed by atoms with Crippen molar-refractivity contribution in [3.05, 3.63) is 55.1 Å². The molecule has 0 aliphatic carbocycles. The van der Waals surface area contributed by atoms with Crippen LogP contribution in [-0.4, -0.2) is 26.5 Å². The van der Waals surface area contributed by atoms with Gasteiger partial charge in [0.05, 0.1) is 19.5 Å². The third-order valence-electron chi connectivity index (χ3n) is 4.06. The summed E-state index contributed by atoms with van der Waals surface area (Å²) in [7, 11) is 3.56. The van der Waals surface area contributed by atoms with Crippen molar-refractivity contribution in [3.63, 3.8) is 0 Å². The maximum absolute atomic E-state index is 5.78. The number of nitrogens with two attached hydrogens (primary N) is 1. The van der Waals surface area contributed by atoms with E-state index in [1.54, 1.807) is 11.8 Å². The molecule has 4 rings (SSSR count). The highest BCUT2D eigenvalue weighted by molar-refractivity contribution is 5.86. The second kappa shape index (κ2) is 5.42. The van der Waals surface area contributed by atoms with E-state index in [1.165, 1.54) is 0 Å². The standard InChI is InChI=1S/C18H17N5O/c1-22-10-14(8-20-22)13-7-17(24-2)18-16(9-21-23(18)11-13)12-3-5-15(19)6-4-12/h3-11H,19H2,1-2H3. The van der Waals surface area contributed by atoms with Crippen molar-refractivity contribution in [2.45, 2.75) is 0 Å². The number of anilines is 1. The molecule has 0 radical (unpaired) electrons. The van der Waals surface area contributed by atoms with Crippen molar-refractivity contribution in [1.29, 1.82) is 0 Å². The first kappa shape index (κ1) is 14.3. The van der Waals surface area contributed by atoms with Crippen LogP contribution in [-0.2, 0) is 7.05 Å². The molecular weight excluding hydrogens is 302 g/mol.